The second kappa shape index (κ2) is 7.90. The van der Waals surface area contributed by atoms with Gasteiger partial charge in [0.15, 0.2) is 0 Å². The van der Waals surface area contributed by atoms with Gasteiger partial charge in [0.2, 0.25) is 5.91 Å². The minimum Gasteiger partial charge on any atom is -0.481 e. The Morgan fingerprint density at radius 2 is 1.94 bits per heavy atom. The van der Waals surface area contributed by atoms with E-state index in [-0.39, 0.29) is 11.8 Å². The highest BCUT2D eigenvalue weighted by atomic mass is 16.4. The van der Waals surface area contributed by atoms with Crippen molar-refractivity contribution in [3.63, 3.8) is 0 Å². The molecule has 102 valence electrons. The van der Waals surface area contributed by atoms with E-state index < -0.39 is 5.97 Å². The van der Waals surface area contributed by atoms with Crippen LogP contribution in [0.3, 0.4) is 0 Å². The van der Waals surface area contributed by atoms with Crippen LogP contribution >= 0.6 is 0 Å². The van der Waals surface area contributed by atoms with Crippen LogP contribution in [0.15, 0.2) is 12.2 Å². The number of carbonyl (C=O) groups is 2. The lowest BCUT2D eigenvalue weighted by Gasteiger charge is -2.25. The van der Waals surface area contributed by atoms with Crippen LogP contribution in [0.1, 0.15) is 45.4 Å². The molecule has 0 atom stereocenters. The van der Waals surface area contributed by atoms with Crippen LogP contribution in [0.5, 0.6) is 0 Å². The van der Waals surface area contributed by atoms with Crippen molar-refractivity contribution in [2.45, 2.75) is 45.4 Å². The van der Waals surface area contributed by atoms with E-state index in [1.807, 2.05) is 6.08 Å². The molecule has 1 aliphatic carbocycles. The fourth-order valence-electron chi connectivity index (χ4n) is 2.27. The van der Waals surface area contributed by atoms with E-state index in [1.54, 1.807) is 6.08 Å². The fourth-order valence-corrected chi connectivity index (χ4v) is 2.27. The highest BCUT2D eigenvalue weighted by molar-refractivity contribution is 5.87. The van der Waals surface area contributed by atoms with Gasteiger partial charge in [-0.25, -0.2) is 0 Å². The summed E-state index contributed by atoms with van der Waals surface area (Å²) in [5.41, 5.74) is 0. The minimum absolute atomic E-state index is 0.0381. The zero-order valence-electron chi connectivity index (χ0n) is 11.0. The number of carboxylic acids is 1. The summed E-state index contributed by atoms with van der Waals surface area (Å²) >= 11 is 0. The van der Waals surface area contributed by atoms with E-state index in [2.05, 4.69) is 12.2 Å². The Morgan fingerprint density at radius 3 is 2.50 bits per heavy atom. The Labute approximate surface area is 108 Å². The summed E-state index contributed by atoms with van der Waals surface area (Å²) in [5, 5.41) is 11.8. The molecule has 2 N–H and O–H groups in total. The van der Waals surface area contributed by atoms with E-state index in [4.69, 9.17) is 5.11 Å². The molecule has 0 heterocycles. The van der Waals surface area contributed by atoms with Crippen molar-refractivity contribution in [3.8, 4) is 0 Å². The number of rotatable bonds is 6. The largest absolute Gasteiger partial charge is 0.481 e. The predicted molar refractivity (Wildman–Crippen MR) is 70.1 cm³/mol. The number of hydrogen-bond acceptors (Lipinski definition) is 2. The number of hydrogen-bond donors (Lipinski definition) is 2. The molecule has 0 spiro atoms. The van der Waals surface area contributed by atoms with Gasteiger partial charge in [-0.15, -0.1) is 0 Å². The van der Waals surface area contributed by atoms with Crippen LogP contribution in [0.4, 0.5) is 0 Å². The lowest BCUT2D eigenvalue weighted by Crippen LogP contribution is -2.31. The molecular formula is C14H23NO3. The number of nitrogens with one attached hydrogen (secondary N) is 1. The molecule has 4 nitrogen and oxygen atoms in total. The van der Waals surface area contributed by atoms with Crippen LogP contribution in [-0.2, 0) is 9.59 Å². The van der Waals surface area contributed by atoms with E-state index in [0.717, 1.165) is 38.5 Å². The third-order valence-corrected chi connectivity index (χ3v) is 3.49. The molecule has 1 rings (SSSR count). The van der Waals surface area contributed by atoms with Gasteiger partial charge in [-0.3, -0.25) is 9.59 Å². The lowest BCUT2D eigenvalue weighted by molar-refractivity contribution is -0.143. The molecule has 0 aromatic rings. The average Bonchev–Trinajstić information content (AvgIpc) is 2.37. The number of amides is 1. The normalized spacial score (nSPS) is 24.1. The number of carbonyl (C=O) groups excluding carboxylic acids is 1. The Morgan fingerprint density at radius 1 is 1.28 bits per heavy atom. The first-order chi connectivity index (χ1) is 8.63. The third kappa shape index (κ3) is 5.34. The average molecular weight is 253 g/mol. The number of allylic oxidation sites excluding steroid dienone is 1. The van der Waals surface area contributed by atoms with Gasteiger partial charge in [0.25, 0.3) is 0 Å². The molecule has 0 radical (unpaired) electrons. The standard InChI is InChI=1S/C14H23NO3/c1-2-3-4-5-13(16)15-10-11-6-8-12(9-7-11)14(17)18/h4-5,11-12H,2-3,6-10H2,1H3,(H,15,16)(H,17,18). The molecule has 1 fully saturated rings. The Kier molecular flexibility index (Phi) is 6.47. The van der Waals surface area contributed by atoms with Crippen LogP contribution < -0.4 is 5.32 Å². The Balaban J connectivity index is 2.17. The molecule has 0 unspecified atom stereocenters. The second-order valence-corrected chi connectivity index (χ2v) is 4.99. The van der Waals surface area contributed by atoms with Crippen molar-refractivity contribution in [3.05, 3.63) is 12.2 Å². The Hall–Kier alpha value is -1.32. The molecular weight excluding hydrogens is 230 g/mol. The highest BCUT2D eigenvalue weighted by Gasteiger charge is 2.25. The van der Waals surface area contributed by atoms with Gasteiger partial charge in [-0.2, -0.15) is 0 Å². The first-order valence-corrected chi connectivity index (χ1v) is 6.80. The first-order valence-electron chi connectivity index (χ1n) is 6.80. The van der Waals surface area contributed by atoms with Crippen LogP contribution in [-0.4, -0.2) is 23.5 Å². The zero-order chi connectivity index (χ0) is 13.4. The van der Waals surface area contributed by atoms with Gasteiger partial charge in [-0.05, 0) is 44.1 Å². The van der Waals surface area contributed by atoms with Crippen molar-refractivity contribution >= 4 is 11.9 Å². The molecule has 1 amide bonds. The number of unbranched alkanes of at least 4 members (excludes halogenated alkanes) is 1. The summed E-state index contributed by atoms with van der Waals surface area (Å²) in [6.45, 7) is 2.74. The van der Waals surface area contributed by atoms with Crippen LogP contribution in [0.25, 0.3) is 0 Å². The zero-order valence-corrected chi connectivity index (χ0v) is 11.0. The summed E-state index contributed by atoms with van der Waals surface area (Å²) in [5.74, 6) is -0.464. The molecule has 0 aliphatic heterocycles. The van der Waals surface area contributed by atoms with E-state index in [1.165, 1.54) is 0 Å². The smallest absolute Gasteiger partial charge is 0.306 e. The van der Waals surface area contributed by atoms with Crippen molar-refractivity contribution in [2.75, 3.05) is 6.54 Å². The number of aliphatic carboxylic acids is 1. The fraction of sp³-hybridized carbons (Fsp3) is 0.714. The molecule has 0 aromatic carbocycles. The maximum atomic E-state index is 11.4. The topological polar surface area (TPSA) is 66.4 Å². The third-order valence-electron chi connectivity index (χ3n) is 3.49. The molecule has 0 saturated heterocycles. The molecule has 0 aromatic heterocycles. The molecule has 18 heavy (non-hydrogen) atoms. The van der Waals surface area contributed by atoms with Gasteiger partial charge in [0, 0.05) is 6.54 Å². The summed E-state index contributed by atoms with van der Waals surface area (Å²) in [7, 11) is 0. The van der Waals surface area contributed by atoms with Gasteiger partial charge in [0.1, 0.15) is 0 Å². The summed E-state index contributed by atoms with van der Waals surface area (Å²) in [6.07, 6.45) is 8.72. The molecule has 4 heteroatoms. The van der Waals surface area contributed by atoms with Gasteiger partial charge in [0.05, 0.1) is 5.92 Å². The van der Waals surface area contributed by atoms with E-state index in [0.29, 0.717) is 12.5 Å². The summed E-state index contributed by atoms with van der Waals surface area (Å²) in [6, 6.07) is 0. The molecule has 1 aliphatic rings. The van der Waals surface area contributed by atoms with Gasteiger partial charge >= 0.3 is 5.97 Å². The van der Waals surface area contributed by atoms with Crippen LogP contribution in [0.2, 0.25) is 0 Å². The lowest BCUT2D eigenvalue weighted by atomic mass is 9.82. The maximum Gasteiger partial charge on any atom is 0.306 e. The van der Waals surface area contributed by atoms with E-state index >= 15 is 0 Å². The Bertz CT molecular complexity index is 304. The SMILES string of the molecule is CCCC=CC(=O)NCC1CCC(C(=O)O)CC1. The van der Waals surface area contributed by atoms with Crippen molar-refractivity contribution in [1.82, 2.24) is 5.32 Å². The quantitative estimate of drug-likeness (QED) is 0.714. The molecule has 0 bridgehead atoms. The summed E-state index contributed by atoms with van der Waals surface area (Å²) in [4.78, 5) is 22.2. The molecule has 1 saturated carbocycles. The second-order valence-electron chi connectivity index (χ2n) is 4.99. The minimum atomic E-state index is -0.681. The summed E-state index contributed by atoms with van der Waals surface area (Å²) < 4.78 is 0. The first kappa shape index (κ1) is 14.7. The van der Waals surface area contributed by atoms with Crippen molar-refractivity contribution in [2.24, 2.45) is 11.8 Å². The maximum absolute atomic E-state index is 11.4. The monoisotopic (exact) mass is 253 g/mol. The predicted octanol–water partition coefficient (Wildman–Crippen LogP) is 2.35. The van der Waals surface area contributed by atoms with Crippen molar-refractivity contribution in [1.29, 1.82) is 0 Å². The van der Waals surface area contributed by atoms with Crippen LogP contribution in [0, 0.1) is 11.8 Å². The number of carboxylic acid groups (broad SMARTS) is 1. The highest BCUT2D eigenvalue weighted by Crippen LogP contribution is 2.28. The van der Waals surface area contributed by atoms with E-state index in [9.17, 15) is 9.59 Å². The van der Waals surface area contributed by atoms with Gasteiger partial charge in [-0.1, -0.05) is 19.4 Å². The van der Waals surface area contributed by atoms with Gasteiger partial charge < -0.3 is 10.4 Å². The van der Waals surface area contributed by atoms with Crippen molar-refractivity contribution < 1.29 is 14.7 Å².